The lowest BCUT2D eigenvalue weighted by Gasteiger charge is -2.39. The molecule has 0 saturated carbocycles. The Balaban J connectivity index is 1.24. The Morgan fingerprint density at radius 1 is 1.06 bits per heavy atom. The molecule has 4 aliphatic heterocycles. The summed E-state index contributed by atoms with van der Waals surface area (Å²) in [6.45, 7) is 8.77. The molecule has 0 radical (unpaired) electrons. The van der Waals surface area contributed by atoms with E-state index >= 15 is 4.79 Å². The van der Waals surface area contributed by atoms with Crippen molar-refractivity contribution in [1.29, 1.82) is 0 Å². The number of anilines is 2. The van der Waals surface area contributed by atoms with Crippen LogP contribution in [0.1, 0.15) is 50.7 Å². The standard InChI is InChI=1S/C40H46BrN3O8Si/c1-24-38(53(4,5)31-15-13-30(50-3)14-16-31)34(20-35(47)42-18-6-7-29(42)23-45)52-40(24)32-19-27(41)10-17-33(32)43(39(40)49)22-26-8-11-28(12-9-26)44-36(48)21-37(44)51-25(2)46/h8-17,19,24,29,34,37-38,45H,6-7,18,20-23H2,1-5H3/t24-,29-,34+,37?,38-,40+/m0/s1. The molecule has 3 amide bonds. The molecule has 4 aliphatic rings. The van der Waals surface area contributed by atoms with E-state index < -0.39 is 32.0 Å². The minimum absolute atomic E-state index is 0.0613. The summed E-state index contributed by atoms with van der Waals surface area (Å²) in [5, 5.41) is 11.2. The SMILES string of the molecule is COc1ccc([Si](C)(C)[C@@H]2[C@@H](CC(=O)N3CCC[C@H]3CO)O[C@]3(C(=O)N(Cc4ccc(N5C(=O)CC5OC(C)=O)cc4)c4ccc(Br)cc43)[C@H]2C)cc1. The van der Waals surface area contributed by atoms with E-state index in [-0.39, 0.29) is 61.2 Å². The van der Waals surface area contributed by atoms with Crippen LogP contribution in [0.4, 0.5) is 11.4 Å². The highest BCUT2D eigenvalue weighted by Crippen LogP contribution is 2.60. The number of likely N-dealkylation sites (tertiary alicyclic amines) is 1. The monoisotopic (exact) mass is 803 g/mol. The lowest BCUT2D eigenvalue weighted by molar-refractivity contribution is -0.154. The second kappa shape index (κ2) is 14.3. The number of hydrogen-bond acceptors (Lipinski definition) is 8. The van der Waals surface area contributed by atoms with Gasteiger partial charge < -0.3 is 29.1 Å². The predicted molar refractivity (Wildman–Crippen MR) is 205 cm³/mol. The molecule has 3 saturated heterocycles. The van der Waals surface area contributed by atoms with E-state index in [1.54, 1.807) is 29.0 Å². The first kappa shape index (κ1) is 37.3. The van der Waals surface area contributed by atoms with E-state index in [1.807, 2.05) is 42.5 Å². The predicted octanol–water partition coefficient (Wildman–Crippen LogP) is 5.22. The van der Waals surface area contributed by atoms with Gasteiger partial charge in [0, 0.05) is 35.1 Å². The zero-order valence-electron chi connectivity index (χ0n) is 30.7. The quantitative estimate of drug-likeness (QED) is 0.168. The van der Waals surface area contributed by atoms with Crippen LogP contribution in [0.25, 0.3) is 0 Å². The number of aliphatic hydroxyl groups is 1. The van der Waals surface area contributed by atoms with Crippen molar-refractivity contribution in [2.24, 2.45) is 5.92 Å². The second-order valence-electron chi connectivity index (χ2n) is 15.2. The number of hydrogen-bond donors (Lipinski definition) is 1. The molecule has 6 atom stereocenters. The maximum atomic E-state index is 15.2. The van der Waals surface area contributed by atoms with Crippen LogP contribution in [0.5, 0.6) is 5.75 Å². The van der Waals surface area contributed by atoms with Gasteiger partial charge in [-0.1, -0.05) is 65.4 Å². The molecule has 280 valence electrons. The van der Waals surface area contributed by atoms with Gasteiger partial charge in [-0.05, 0) is 66.4 Å². The van der Waals surface area contributed by atoms with Crippen molar-refractivity contribution < 1.29 is 38.5 Å². The normalized spacial score (nSPS) is 26.6. The van der Waals surface area contributed by atoms with Crippen LogP contribution in [0.15, 0.2) is 71.2 Å². The van der Waals surface area contributed by atoms with Gasteiger partial charge in [-0.2, -0.15) is 0 Å². The Kier molecular flexibility index (Phi) is 10.1. The summed E-state index contributed by atoms with van der Waals surface area (Å²) in [6, 6.07) is 21.1. The molecule has 1 unspecified atom stereocenters. The summed E-state index contributed by atoms with van der Waals surface area (Å²) >= 11 is 3.66. The number of rotatable bonds is 10. The molecule has 53 heavy (non-hydrogen) atoms. The lowest BCUT2D eigenvalue weighted by atomic mass is 9.82. The molecule has 11 nitrogen and oxygen atoms in total. The van der Waals surface area contributed by atoms with Crippen LogP contribution in [0, 0.1) is 5.92 Å². The summed E-state index contributed by atoms with van der Waals surface area (Å²) in [5.41, 5.74) is 1.51. The molecule has 3 aromatic rings. The highest BCUT2D eigenvalue weighted by molar-refractivity contribution is 9.10. The maximum absolute atomic E-state index is 15.2. The van der Waals surface area contributed by atoms with Gasteiger partial charge >= 0.3 is 5.97 Å². The highest BCUT2D eigenvalue weighted by atomic mass is 79.9. The van der Waals surface area contributed by atoms with Crippen LogP contribution in [0.2, 0.25) is 18.6 Å². The van der Waals surface area contributed by atoms with Gasteiger partial charge in [0.1, 0.15) is 5.75 Å². The number of amides is 3. The van der Waals surface area contributed by atoms with Crippen LogP contribution < -0.4 is 19.7 Å². The highest BCUT2D eigenvalue weighted by Gasteiger charge is 2.66. The average Bonchev–Trinajstić information content (AvgIpc) is 3.79. The van der Waals surface area contributed by atoms with Gasteiger partial charge in [0.2, 0.25) is 11.8 Å². The molecule has 13 heteroatoms. The average molecular weight is 805 g/mol. The van der Waals surface area contributed by atoms with Crippen molar-refractivity contribution in [1.82, 2.24) is 4.90 Å². The Labute approximate surface area is 319 Å². The molecule has 3 aromatic carbocycles. The molecule has 1 spiro atoms. The van der Waals surface area contributed by atoms with Crippen LogP contribution in [-0.2, 0) is 40.8 Å². The molecule has 4 heterocycles. The van der Waals surface area contributed by atoms with Crippen molar-refractivity contribution in [3.05, 3.63) is 82.3 Å². The van der Waals surface area contributed by atoms with Crippen molar-refractivity contribution in [2.75, 3.05) is 30.1 Å². The van der Waals surface area contributed by atoms with E-state index in [2.05, 4.69) is 48.1 Å². The first-order valence-electron chi connectivity index (χ1n) is 18.2. The smallest absolute Gasteiger partial charge is 0.304 e. The maximum Gasteiger partial charge on any atom is 0.304 e. The van der Waals surface area contributed by atoms with Crippen molar-refractivity contribution in [3.8, 4) is 5.75 Å². The number of aliphatic hydroxyl groups excluding tert-OH is 1. The number of fused-ring (bicyclic) bond motifs is 2. The topological polar surface area (TPSA) is 126 Å². The zero-order valence-corrected chi connectivity index (χ0v) is 33.3. The largest absolute Gasteiger partial charge is 0.497 e. The minimum Gasteiger partial charge on any atom is -0.497 e. The van der Waals surface area contributed by atoms with Crippen LogP contribution in [0.3, 0.4) is 0 Å². The fourth-order valence-electron chi connectivity index (χ4n) is 9.21. The van der Waals surface area contributed by atoms with Crippen LogP contribution >= 0.6 is 15.9 Å². The third kappa shape index (κ3) is 6.38. The van der Waals surface area contributed by atoms with Crippen LogP contribution in [-0.4, -0.2) is 80.4 Å². The Morgan fingerprint density at radius 3 is 2.42 bits per heavy atom. The number of esters is 1. The Morgan fingerprint density at radius 2 is 1.77 bits per heavy atom. The zero-order chi connectivity index (χ0) is 37.8. The molecule has 3 fully saturated rings. The number of methoxy groups -OCH3 is 1. The second-order valence-corrected chi connectivity index (χ2v) is 20.8. The van der Waals surface area contributed by atoms with Crippen molar-refractivity contribution in [2.45, 2.75) is 88.7 Å². The van der Waals surface area contributed by atoms with Gasteiger partial charge in [0.15, 0.2) is 11.8 Å². The van der Waals surface area contributed by atoms with E-state index in [0.717, 1.165) is 39.9 Å². The van der Waals surface area contributed by atoms with E-state index in [9.17, 15) is 19.5 Å². The van der Waals surface area contributed by atoms with Crippen molar-refractivity contribution in [3.63, 3.8) is 0 Å². The fraction of sp³-hybridized carbons (Fsp3) is 0.450. The van der Waals surface area contributed by atoms with E-state index in [0.29, 0.717) is 12.2 Å². The number of carbonyl (C=O) groups excluding carboxylic acids is 4. The number of benzene rings is 3. The molecule has 7 rings (SSSR count). The van der Waals surface area contributed by atoms with Gasteiger partial charge in [-0.25, -0.2) is 0 Å². The lowest BCUT2D eigenvalue weighted by Crippen LogP contribution is -2.54. The Bertz CT molecular complexity index is 1920. The van der Waals surface area contributed by atoms with Crippen molar-refractivity contribution >= 4 is 64.3 Å². The minimum atomic E-state index is -2.48. The summed E-state index contributed by atoms with van der Waals surface area (Å²) in [4.78, 5) is 58.2. The van der Waals surface area contributed by atoms with Gasteiger partial charge in [0.05, 0.1) is 59.0 Å². The third-order valence-electron chi connectivity index (χ3n) is 11.8. The number of ether oxygens (including phenoxy) is 3. The Hall–Kier alpha value is -4.04. The molecular formula is C40H46BrN3O8Si. The molecule has 0 bridgehead atoms. The molecule has 1 N–H and O–H groups in total. The summed E-state index contributed by atoms with van der Waals surface area (Å²) < 4.78 is 18.7. The van der Waals surface area contributed by atoms with Gasteiger partial charge in [0.25, 0.3) is 5.91 Å². The summed E-state index contributed by atoms with van der Waals surface area (Å²) in [5.74, 6) is -0.352. The molecule has 0 aliphatic carbocycles. The summed E-state index contributed by atoms with van der Waals surface area (Å²) in [7, 11) is -0.835. The van der Waals surface area contributed by atoms with E-state index in [1.165, 1.54) is 17.0 Å². The number of β-lactam (4-membered cyclic amide) rings is 1. The first-order valence-corrected chi connectivity index (χ1v) is 22.1. The number of nitrogens with zero attached hydrogens (tertiary/aromatic N) is 3. The number of carbonyl (C=O) groups is 4. The molecular weight excluding hydrogens is 758 g/mol. The van der Waals surface area contributed by atoms with E-state index in [4.69, 9.17) is 14.2 Å². The number of halogens is 1. The van der Waals surface area contributed by atoms with Gasteiger partial charge in [-0.3, -0.25) is 24.1 Å². The first-order chi connectivity index (χ1) is 25.3. The fourth-order valence-corrected chi connectivity index (χ4v) is 13.6. The van der Waals surface area contributed by atoms with Gasteiger partial charge in [-0.15, -0.1) is 0 Å². The summed E-state index contributed by atoms with van der Waals surface area (Å²) in [6.07, 6.45) is 0.686. The molecule has 0 aromatic heterocycles. The third-order valence-corrected chi connectivity index (χ3v) is 16.7.